The first-order valence-corrected chi connectivity index (χ1v) is 7.92. The van der Waals surface area contributed by atoms with E-state index in [1.165, 1.54) is 32.1 Å². The van der Waals surface area contributed by atoms with Crippen molar-refractivity contribution in [2.45, 2.75) is 58.1 Å². The molecule has 2 unspecified atom stereocenters. The number of carbonyl (C=O) groups is 1. The Hall–Kier alpha value is -1.55. The number of benzene rings is 1. The molecule has 0 aliphatic heterocycles. The van der Waals surface area contributed by atoms with E-state index < -0.39 is 6.10 Å². The second kappa shape index (κ2) is 7.46. The molecular formula is C17H26N2O2. The third-order valence-electron chi connectivity index (χ3n) is 4.37. The highest BCUT2D eigenvalue weighted by molar-refractivity contribution is 5.89. The fourth-order valence-corrected chi connectivity index (χ4v) is 2.97. The zero-order chi connectivity index (χ0) is 15.2. The fraction of sp³-hybridized carbons (Fsp3) is 0.588. The molecule has 1 saturated carbocycles. The first-order valence-electron chi connectivity index (χ1n) is 7.92. The van der Waals surface area contributed by atoms with E-state index >= 15 is 0 Å². The molecule has 1 aromatic rings. The van der Waals surface area contributed by atoms with Crippen molar-refractivity contribution >= 4 is 11.7 Å². The maximum Gasteiger partial charge on any atom is 0.319 e. The highest BCUT2D eigenvalue weighted by atomic mass is 16.3. The number of aliphatic hydroxyl groups excluding tert-OH is 1. The molecule has 0 heterocycles. The van der Waals surface area contributed by atoms with Gasteiger partial charge in [-0.3, -0.25) is 0 Å². The van der Waals surface area contributed by atoms with Crippen LogP contribution in [0.15, 0.2) is 24.3 Å². The summed E-state index contributed by atoms with van der Waals surface area (Å²) in [5.41, 5.74) is 1.59. The maximum absolute atomic E-state index is 12.0. The lowest BCUT2D eigenvalue weighted by molar-refractivity contribution is 0.199. The lowest BCUT2D eigenvalue weighted by atomic mass is 9.85. The summed E-state index contributed by atoms with van der Waals surface area (Å²) in [6, 6.07) is 7.33. The predicted molar refractivity (Wildman–Crippen MR) is 85.3 cm³/mol. The number of carbonyl (C=O) groups excluding carboxylic acids is 1. The van der Waals surface area contributed by atoms with Gasteiger partial charge in [-0.2, -0.15) is 0 Å². The van der Waals surface area contributed by atoms with Crippen molar-refractivity contribution in [3.63, 3.8) is 0 Å². The number of hydrogen-bond acceptors (Lipinski definition) is 2. The average Bonchev–Trinajstić information content (AvgIpc) is 2.48. The van der Waals surface area contributed by atoms with E-state index in [9.17, 15) is 9.90 Å². The van der Waals surface area contributed by atoms with E-state index in [-0.39, 0.29) is 12.1 Å². The van der Waals surface area contributed by atoms with E-state index in [0.717, 1.165) is 11.3 Å². The van der Waals surface area contributed by atoms with Gasteiger partial charge in [-0.25, -0.2) is 4.79 Å². The predicted octanol–water partition coefficient (Wildman–Crippen LogP) is 3.83. The highest BCUT2D eigenvalue weighted by Crippen LogP contribution is 2.26. The summed E-state index contributed by atoms with van der Waals surface area (Å²) >= 11 is 0. The van der Waals surface area contributed by atoms with Crippen LogP contribution in [0.1, 0.15) is 57.6 Å². The van der Waals surface area contributed by atoms with Crippen LogP contribution in [-0.4, -0.2) is 17.2 Å². The summed E-state index contributed by atoms with van der Waals surface area (Å²) in [6.07, 6.45) is 5.82. The Morgan fingerprint density at radius 3 is 2.33 bits per heavy atom. The van der Waals surface area contributed by atoms with Crippen molar-refractivity contribution in [1.29, 1.82) is 0 Å². The molecular weight excluding hydrogens is 264 g/mol. The molecule has 2 atom stereocenters. The number of amides is 2. The van der Waals surface area contributed by atoms with Gasteiger partial charge in [-0.05, 0) is 50.3 Å². The molecule has 0 saturated heterocycles. The minimum atomic E-state index is -0.487. The largest absolute Gasteiger partial charge is 0.389 e. The Balaban J connectivity index is 1.83. The van der Waals surface area contributed by atoms with Gasteiger partial charge in [-0.15, -0.1) is 0 Å². The van der Waals surface area contributed by atoms with Crippen LogP contribution in [0.2, 0.25) is 0 Å². The number of anilines is 1. The van der Waals surface area contributed by atoms with Gasteiger partial charge in [0, 0.05) is 11.7 Å². The van der Waals surface area contributed by atoms with Crippen molar-refractivity contribution in [3.05, 3.63) is 29.8 Å². The average molecular weight is 290 g/mol. The van der Waals surface area contributed by atoms with Crippen molar-refractivity contribution in [3.8, 4) is 0 Å². The molecule has 2 rings (SSSR count). The third-order valence-corrected chi connectivity index (χ3v) is 4.37. The molecule has 4 nitrogen and oxygen atoms in total. The zero-order valence-electron chi connectivity index (χ0n) is 12.9. The number of aliphatic hydroxyl groups is 1. The van der Waals surface area contributed by atoms with Crippen LogP contribution in [0, 0.1) is 5.92 Å². The number of nitrogens with one attached hydrogen (secondary N) is 2. The molecule has 0 aromatic heterocycles. The van der Waals surface area contributed by atoms with Crippen LogP contribution in [0.4, 0.5) is 10.5 Å². The minimum absolute atomic E-state index is 0.155. The van der Waals surface area contributed by atoms with Crippen molar-refractivity contribution < 1.29 is 9.90 Å². The van der Waals surface area contributed by atoms with Crippen LogP contribution < -0.4 is 10.6 Å². The van der Waals surface area contributed by atoms with Crippen LogP contribution in [0.3, 0.4) is 0 Å². The molecule has 21 heavy (non-hydrogen) atoms. The molecule has 0 spiro atoms. The van der Waals surface area contributed by atoms with Crippen LogP contribution >= 0.6 is 0 Å². The van der Waals surface area contributed by atoms with Crippen LogP contribution in [0.25, 0.3) is 0 Å². The molecule has 2 amide bonds. The van der Waals surface area contributed by atoms with Crippen molar-refractivity contribution in [2.75, 3.05) is 5.32 Å². The first kappa shape index (κ1) is 15.8. The van der Waals surface area contributed by atoms with E-state index in [1.807, 2.05) is 24.3 Å². The Kier molecular flexibility index (Phi) is 5.62. The zero-order valence-corrected chi connectivity index (χ0v) is 12.9. The standard InChI is InChI=1S/C17H26N2O2/c1-12(14-6-4-3-5-7-14)18-17(21)19-16-10-8-15(9-11-16)13(2)20/h8-14,20H,3-7H2,1-2H3,(H2,18,19,21). The number of urea groups is 1. The fourth-order valence-electron chi connectivity index (χ4n) is 2.97. The van der Waals surface area contributed by atoms with E-state index in [0.29, 0.717) is 5.92 Å². The normalized spacial score (nSPS) is 18.8. The molecule has 0 bridgehead atoms. The molecule has 4 heteroatoms. The molecule has 116 valence electrons. The van der Waals surface area contributed by atoms with Gasteiger partial charge < -0.3 is 15.7 Å². The molecule has 1 fully saturated rings. The maximum atomic E-state index is 12.0. The SMILES string of the molecule is CC(O)c1ccc(NC(=O)NC(C)C2CCCCC2)cc1. The quantitative estimate of drug-likeness (QED) is 0.789. The molecule has 1 aliphatic rings. The number of rotatable bonds is 4. The van der Waals surface area contributed by atoms with Crippen LogP contribution in [0.5, 0.6) is 0 Å². The van der Waals surface area contributed by atoms with Gasteiger partial charge in [0.1, 0.15) is 0 Å². The Morgan fingerprint density at radius 2 is 1.76 bits per heavy atom. The Morgan fingerprint density at radius 1 is 1.14 bits per heavy atom. The van der Waals surface area contributed by atoms with Crippen LogP contribution in [-0.2, 0) is 0 Å². The van der Waals surface area contributed by atoms with Crippen molar-refractivity contribution in [1.82, 2.24) is 5.32 Å². The van der Waals surface area contributed by atoms with E-state index in [1.54, 1.807) is 6.92 Å². The summed E-state index contributed by atoms with van der Waals surface area (Å²) in [6.45, 7) is 3.81. The first-order chi connectivity index (χ1) is 10.1. The second-order valence-corrected chi connectivity index (χ2v) is 6.08. The van der Waals surface area contributed by atoms with Crippen molar-refractivity contribution in [2.24, 2.45) is 5.92 Å². The summed E-state index contributed by atoms with van der Waals surface area (Å²) in [5.74, 6) is 0.599. The minimum Gasteiger partial charge on any atom is -0.389 e. The molecule has 0 radical (unpaired) electrons. The Bertz CT molecular complexity index is 450. The lowest BCUT2D eigenvalue weighted by Crippen LogP contribution is -2.41. The third kappa shape index (κ3) is 4.74. The summed E-state index contributed by atoms with van der Waals surface area (Å²) in [4.78, 5) is 12.0. The monoisotopic (exact) mass is 290 g/mol. The van der Waals surface area contributed by atoms with E-state index in [4.69, 9.17) is 0 Å². The summed E-state index contributed by atoms with van der Waals surface area (Å²) < 4.78 is 0. The van der Waals surface area contributed by atoms with Gasteiger partial charge in [0.2, 0.25) is 0 Å². The molecule has 3 N–H and O–H groups in total. The second-order valence-electron chi connectivity index (χ2n) is 6.08. The topological polar surface area (TPSA) is 61.4 Å². The lowest BCUT2D eigenvalue weighted by Gasteiger charge is -2.28. The molecule has 1 aliphatic carbocycles. The number of hydrogen-bond donors (Lipinski definition) is 3. The Labute approximate surface area is 126 Å². The van der Waals surface area contributed by atoms with Gasteiger partial charge >= 0.3 is 6.03 Å². The van der Waals surface area contributed by atoms with E-state index in [2.05, 4.69) is 17.6 Å². The van der Waals surface area contributed by atoms with Gasteiger partial charge in [0.05, 0.1) is 6.10 Å². The summed E-state index contributed by atoms with van der Waals surface area (Å²) in [7, 11) is 0. The summed E-state index contributed by atoms with van der Waals surface area (Å²) in [5, 5.41) is 15.3. The highest BCUT2D eigenvalue weighted by Gasteiger charge is 2.21. The van der Waals surface area contributed by atoms with Gasteiger partial charge in [-0.1, -0.05) is 31.4 Å². The smallest absolute Gasteiger partial charge is 0.319 e. The van der Waals surface area contributed by atoms with Gasteiger partial charge in [0.25, 0.3) is 0 Å². The molecule has 1 aromatic carbocycles. The van der Waals surface area contributed by atoms with Gasteiger partial charge in [0.15, 0.2) is 0 Å².